The Bertz CT molecular complexity index is 544. The summed E-state index contributed by atoms with van der Waals surface area (Å²) in [7, 11) is 0.189. The van der Waals surface area contributed by atoms with Crippen molar-refractivity contribution in [1.29, 1.82) is 0 Å². The van der Waals surface area contributed by atoms with Crippen LogP contribution in [-0.2, 0) is 21.1 Å². The molecule has 120 valence electrons. The lowest BCUT2D eigenvalue weighted by molar-refractivity contribution is 0.203. The minimum Gasteiger partial charge on any atom is -0.383 e. The largest absolute Gasteiger partial charge is 0.383 e. The number of methoxy groups -OCH3 is 1. The number of aliphatic imine (C=N–C) groups is 1. The van der Waals surface area contributed by atoms with Crippen molar-refractivity contribution in [2.24, 2.45) is 4.99 Å². The van der Waals surface area contributed by atoms with Gasteiger partial charge in [0.05, 0.1) is 11.5 Å². The van der Waals surface area contributed by atoms with Gasteiger partial charge in [-0.05, 0) is 17.7 Å². The van der Waals surface area contributed by atoms with E-state index in [4.69, 9.17) is 4.74 Å². The number of hydrogen-bond donors (Lipinski definition) is 2. The third kappa shape index (κ3) is 7.63. The van der Waals surface area contributed by atoms with Crippen LogP contribution in [0.3, 0.4) is 0 Å². The molecule has 8 heteroatoms. The molecular weight excluding hydrogens is 405 g/mol. The number of ether oxygens (including phenoxy) is 1. The number of nitrogens with zero attached hydrogens (tertiary/aromatic N) is 1. The Hall–Kier alpha value is -0.870. The number of sulfone groups is 1. The highest BCUT2D eigenvalue weighted by Gasteiger charge is 2.06. The number of benzene rings is 1. The fourth-order valence-corrected chi connectivity index (χ4v) is 2.16. The first-order valence-corrected chi connectivity index (χ1v) is 8.09. The molecule has 0 bridgehead atoms. The molecule has 0 aliphatic carbocycles. The molecule has 0 saturated carbocycles. The maximum atomic E-state index is 11.3. The molecule has 1 aromatic carbocycles. The molecule has 0 aromatic heterocycles. The van der Waals surface area contributed by atoms with Gasteiger partial charge < -0.3 is 15.4 Å². The van der Waals surface area contributed by atoms with Crippen molar-refractivity contribution in [1.82, 2.24) is 10.6 Å². The van der Waals surface area contributed by atoms with Gasteiger partial charge >= 0.3 is 0 Å². The summed E-state index contributed by atoms with van der Waals surface area (Å²) in [6.45, 7) is 1.84. The van der Waals surface area contributed by atoms with Gasteiger partial charge in [0.2, 0.25) is 0 Å². The topological polar surface area (TPSA) is 79.8 Å². The third-order valence-electron chi connectivity index (χ3n) is 2.63. The van der Waals surface area contributed by atoms with E-state index in [1.54, 1.807) is 38.4 Å². The van der Waals surface area contributed by atoms with Crippen molar-refractivity contribution in [3.05, 3.63) is 29.8 Å². The zero-order chi connectivity index (χ0) is 15.0. The third-order valence-corrected chi connectivity index (χ3v) is 3.76. The molecule has 0 radical (unpaired) electrons. The second-order valence-electron chi connectivity index (χ2n) is 4.26. The summed E-state index contributed by atoms with van der Waals surface area (Å²) >= 11 is 0. The molecule has 0 heterocycles. The van der Waals surface area contributed by atoms with Gasteiger partial charge in [0.25, 0.3) is 0 Å². The van der Waals surface area contributed by atoms with Gasteiger partial charge in [-0.25, -0.2) is 8.42 Å². The van der Waals surface area contributed by atoms with Crippen LogP contribution in [0.15, 0.2) is 34.2 Å². The summed E-state index contributed by atoms with van der Waals surface area (Å²) in [4.78, 5) is 4.40. The molecule has 1 rings (SSSR count). The molecule has 0 aliphatic heterocycles. The van der Waals surface area contributed by atoms with E-state index in [1.165, 1.54) is 6.26 Å². The van der Waals surface area contributed by atoms with Crippen LogP contribution < -0.4 is 10.6 Å². The van der Waals surface area contributed by atoms with Gasteiger partial charge in [0, 0.05) is 33.5 Å². The lowest BCUT2D eigenvalue weighted by atomic mass is 10.2. The molecule has 0 saturated heterocycles. The van der Waals surface area contributed by atoms with E-state index in [0.29, 0.717) is 30.6 Å². The Labute approximate surface area is 143 Å². The van der Waals surface area contributed by atoms with E-state index in [9.17, 15) is 8.42 Å². The molecule has 0 atom stereocenters. The maximum absolute atomic E-state index is 11.3. The fraction of sp³-hybridized carbons (Fsp3) is 0.462. The summed E-state index contributed by atoms with van der Waals surface area (Å²) in [5.41, 5.74) is 0.979. The van der Waals surface area contributed by atoms with Crippen LogP contribution in [0, 0.1) is 0 Å². The summed E-state index contributed by atoms with van der Waals surface area (Å²) in [6.07, 6.45) is 1.20. The monoisotopic (exact) mass is 427 g/mol. The Kier molecular flexibility index (Phi) is 9.54. The van der Waals surface area contributed by atoms with Crippen molar-refractivity contribution >= 4 is 39.8 Å². The van der Waals surface area contributed by atoms with Crippen molar-refractivity contribution in [3.63, 3.8) is 0 Å². The van der Waals surface area contributed by atoms with Crippen LogP contribution in [0.4, 0.5) is 0 Å². The van der Waals surface area contributed by atoms with Gasteiger partial charge in [-0.2, -0.15) is 0 Å². The molecule has 0 spiro atoms. The van der Waals surface area contributed by atoms with Crippen molar-refractivity contribution in [2.75, 3.05) is 33.6 Å². The van der Waals surface area contributed by atoms with E-state index in [1.807, 2.05) is 0 Å². The summed E-state index contributed by atoms with van der Waals surface area (Å²) < 4.78 is 27.6. The Morgan fingerprint density at radius 3 is 2.33 bits per heavy atom. The highest BCUT2D eigenvalue weighted by atomic mass is 127. The smallest absolute Gasteiger partial charge is 0.191 e. The number of hydrogen-bond acceptors (Lipinski definition) is 4. The lowest BCUT2D eigenvalue weighted by Gasteiger charge is -2.11. The van der Waals surface area contributed by atoms with Gasteiger partial charge in [-0.1, -0.05) is 12.1 Å². The van der Waals surface area contributed by atoms with Crippen LogP contribution in [0.25, 0.3) is 0 Å². The molecule has 0 aliphatic rings. The van der Waals surface area contributed by atoms with Crippen LogP contribution in [-0.4, -0.2) is 47.9 Å². The second kappa shape index (κ2) is 9.96. The summed E-state index contributed by atoms with van der Waals surface area (Å²) in [5, 5.41) is 6.23. The van der Waals surface area contributed by atoms with Crippen LogP contribution >= 0.6 is 24.0 Å². The number of guanidine groups is 1. The van der Waals surface area contributed by atoms with E-state index < -0.39 is 9.84 Å². The van der Waals surface area contributed by atoms with Crippen LogP contribution in [0.1, 0.15) is 5.56 Å². The van der Waals surface area contributed by atoms with E-state index in [0.717, 1.165) is 5.56 Å². The standard InChI is InChI=1S/C13H21N3O3S.HI/c1-14-13(15-8-9-19-2)16-10-11-4-6-12(7-5-11)20(3,17)18;/h4-7H,8-10H2,1-3H3,(H2,14,15,16);1H. The molecule has 2 N–H and O–H groups in total. The fourth-order valence-electron chi connectivity index (χ4n) is 1.53. The van der Waals surface area contributed by atoms with Crippen molar-refractivity contribution in [3.8, 4) is 0 Å². The van der Waals surface area contributed by atoms with E-state index >= 15 is 0 Å². The van der Waals surface area contributed by atoms with Crippen molar-refractivity contribution in [2.45, 2.75) is 11.4 Å². The first-order chi connectivity index (χ1) is 9.47. The highest BCUT2D eigenvalue weighted by molar-refractivity contribution is 14.0. The summed E-state index contributed by atoms with van der Waals surface area (Å²) in [5.74, 6) is 0.675. The molecule has 21 heavy (non-hydrogen) atoms. The normalized spacial score (nSPS) is 11.7. The first-order valence-electron chi connectivity index (χ1n) is 6.20. The Morgan fingerprint density at radius 1 is 1.24 bits per heavy atom. The second-order valence-corrected chi connectivity index (χ2v) is 6.28. The predicted octanol–water partition coefficient (Wildman–Crippen LogP) is 1.02. The van der Waals surface area contributed by atoms with Crippen LogP contribution in [0.5, 0.6) is 0 Å². The number of nitrogens with one attached hydrogen (secondary N) is 2. The maximum Gasteiger partial charge on any atom is 0.191 e. The molecular formula is C13H22IN3O3S. The zero-order valence-corrected chi connectivity index (χ0v) is 15.6. The summed E-state index contributed by atoms with van der Waals surface area (Å²) in [6, 6.07) is 6.78. The van der Waals surface area contributed by atoms with Crippen LogP contribution in [0.2, 0.25) is 0 Å². The lowest BCUT2D eigenvalue weighted by Crippen LogP contribution is -2.38. The van der Waals surface area contributed by atoms with Crippen molar-refractivity contribution < 1.29 is 13.2 Å². The molecule has 6 nitrogen and oxygen atoms in total. The Morgan fingerprint density at radius 2 is 1.86 bits per heavy atom. The van der Waals surface area contributed by atoms with E-state index in [-0.39, 0.29) is 24.0 Å². The number of halogens is 1. The molecule has 0 amide bonds. The highest BCUT2D eigenvalue weighted by Crippen LogP contribution is 2.09. The predicted molar refractivity (Wildman–Crippen MR) is 95.0 cm³/mol. The van der Waals surface area contributed by atoms with Gasteiger partial charge in [-0.3, -0.25) is 4.99 Å². The average Bonchev–Trinajstić information content (AvgIpc) is 2.42. The van der Waals surface area contributed by atoms with Gasteiger partial charge in [0.15, 0.2) is 15.8 Å². The zero-order valence-electron chi connectivity index (χ0n) is 12.4. The number of rotatable bonds is 6. The Balaban J connectivity index is 0.00000400. The SMILES string of the molecule is CN=C(NCCOC)NCc1ccc(S(C)(=O)=O)cc1.I. The molecule has 1 aromatic rings. The first kappa shape index (κ1) is 20.1. The minimum atomic E-state index is -3.14. The molecule has 0 fully saturated rings. The van der Waals surface area contributed by atoms with Gasteiger partial charge in [0.1, 0.15) is 0 Å². The minimum absolute atomic E-state index is 0. The molecule has 0 unspecified atom stereocenters. The quantitative estimate of drug-likeness (QED) is 0.307. The van der Waals surface area contributed by atoms with E-state index in [2.05, 4.69) is 15.6 Å². The van der Waals surface area contributed by atoms with Gasteiger partial charge in [-0.15, -0.1) is 24.0 Å². The average molecular weight is 427 g/mol.